The second kappa shape index (κ2) is 9.38. The summed E-state index contributed by atoms with van der Waals surface area (Å²) >= 11 is 0. The number of unbranched alkanes of at least 4 members (excludes halogenated alkanes) is 2. The molecule has 1 aliphatic rings. The van der Waals surface area contributed by atoms with Crippen LogP contribution in [0.1, 0.15) is 65.4 Å². The first-order chi connectivity index (χ1) is 12.0. The lowest BCUT2D eigenvalue weighted by Gasteiger charge is -2.42. The molecule has 0 saturated carbocycles. The summed E-state index contributed by atoms with van der Waals surface area (Å²) in [6.45, 7) is 10.4. The molecule has 0 amide bonds. The van der Waals surface area contributed by atoms with Crippen molar-refractivity contribution in [3.8, 4) is 5.75 Å². The van der Waals surface area contributed by atoms with Gasteiger partial charge < -0.3 is 9.47 Å². The van der Waals surface area contributed by atoms with Gasteiger partial charge in [0.05, 0.1) is 19.8 Å². The number of Topliss-reactive ketones (excluding diaryl/α,β-unsaturated/α-hetero) is 1. The number of hydrogen-bond acceptors (Lipinski definition) is 3. The molecule has 1 unspecified atom stereocenters. The lowest BCUT2D eigenvalue weighted by atomic mass is 9.70. The molecule has 1 aromatic rings. The summed E-state index contributed by atoms with van der Waals surface area (Å²) in [6.07, 6.45) is 5.54. The van der Waals surface area contributed by atoms with Crippen LogP contribution in [0.15, 0.2) is 24.3 Å². The van der Waals surface area contributed by atoms with Crippen molar-refractivity contribution >= 4 is 5.78 Å². The highest BCUT2D eigenvalue weighted by Gasteiger charge is 2.48. The van der Waals surface area contributed by atoms with Crippen LogP contribution >= 0.6 is 0 Å². The Morgan fingerprint density at radius 3 is 2.32 bits per heavy atom. The van der Waals surface area contributed by atoms with E-state index in [1.165, 1.54) is 12.8 Å². The third kappa shape index (κ3) is 5.07. The monoisotopic (exact) mass is 346 g/mol. The van der Waals surface area contributed by atoms with E-state index in [2.05, 4.69) is 27.7 Å². The smallest absolute Gasteiger partial charge is 0.150 e. The van der Waals surface area contributed by atoms with Gasteiger partial charge in [0, 0.05) is 5.92 Å². The largest absolute Gasteiger partial charge is 0.494 e. The van der Waals surface area contributed by atoms with Gasteiger partial charge in [0.15, 0.2) is 5.78 Å². The quantitative estimate of drug-likeness (QED) is 0.519. The molecule has 0 spiro atoms. The summed E-state index contributed by atoms with van der Waals surface area (Å²) in [5.41, 5.74) is 0.629. The zero-order valence-electron chi connectivity index (χ0n) is 16.3. The third-order valence-electron chi connectivity index (χ3n) is 5.23. The molecular formula is C22H34O3. The molecule has 0 aromatic heterocycles. The first-order valence-corrected chi connectivity index (χ1v) is 9.85. The molecular weight excluding hydrogens is 312 g/mol. The van der Waals surface area contributed by atoms with Crippen LogP contribution in [0.25, 0.3) is 0 Å². The molecule has 0 N–H and O–H groups in total. The van der Waals surface area contributed by atoms with Crippen molar-refractivity contribution in [3.63, 3.8) is 0 Å². The van der Waals surface area contributed by atoms with Crippen molar-refractivity contribution in [3.05, 3.63) is 29.8 Å². The maximum absolute atomic E-state index is 13.1. The van der Waals surface area contributed by atoms with Crippen LogP contribution in [0.5, 0.6) is 5.75 Å². The Morgan fingerprint density at radius 1 is 1.12 bits per heavy atom. The van der Waals surface area contributed by atoms with Crippen LogP contribution in [-0.4, -0.2) is 25.6 Å². The highest BCUT2D eigenvalue weighted by atomic mass is 16.5. The first kappa shape index (κ1) is 20.0. The van der Waals surface area contributed by atoms with E-state index in [0.717, 1.165) is 37.2 Å². The predicted molar refractivity (Wildman–Crippen MR) is 102 cm³/mol. The molecule has 3 heteroatoms. The van der Waals surface area contributed by atoms with Gasteiger partial charge in [-0.3, -0.25) is 4.79 Å². The Hall–Kier alpha value is -1.35. The van der Waals surface area contributed by atoms with E-state index in [1.54, 1.807) is 0 Å². The van der Waals surface area contributed by atoms with Crippen molar-refractivity contribution in [1.29, 1.82) is 0 Å². The zero-order chi connectivity index (χ0) is 18.3. The van der Waals surface area contributed by atoms with Gasteiger partial charge in [0.2, 0.25) is 0 Å². The van der Waals surface area contributed by atoms with Crippen molar-refractivity contribution in [2.75, 3.05) is 19.8 Å². The topological polar surface area (TPSA) is 35.5 Å². The van der Waals surface area contributed by atoms with Crippen molar-refractivity contribution in [2.45, 2.75) is 65.2 Å². The van der Waals surface area contributed by atoms with Gasteiger partial charge in [-0.25, -0.2) is 0 Å². The van der Waals surface area contributed by atoms with E-state index in [9.17, 15) is 4.79 Å². The summed E-state index contributed by atoms with van der Waals surface area (Å²) in [5, 5.41) is 0. The fourth-order valence-corrected chi connectivity index (χ4v) is 3.34. The van der Waals surface area contributed by atoms with Crippen LogP contribution in [0.3, 0.4) is 0 Å². The number of benzene rings is 1. The summed E-state index contributed by atoms with van der Waals surface area (Å²) in [7, 11) is 0. The van der Waals surface area contributed by atoms with Crippen LogP contribution in [0.4, 0.5) is 0 Å². The Bertz CT molecular complexity index is 529. The lowest BCUT2D eigenvalue weighted by Crippen LogP contribution is -2.54. The number of hydrogen-bond donors (Lipinski definition) is 0. The molecule has 1 heterocycles. The average Bonchev–Trinajstić information content (AvgIpc) is 2.55. The Kier molecular flexibility index (Phi) is 7.49. The summed E-state index contributed by atoms with van der Waals surface area (Å²) < 4.78 is 11.3. The third-order valence-corrected chi connectivity index (χ3v) is 5.23. The molecule has 25 heavy (non-hydrogen) atoms. The second-order valence-corrected chi connectivity index (χ2v) is 7.89. The molecule has 0 aliphatic carbocycles. The molecule has 2 rings (SSSR count). The second-order valence-electron chi connectivity index (χ2n) is 7.89. The molecule has 140 valence electrons. The molecule has 0 radical (unpaired) electrons. The van der Waals surface area contributed by atoms with Crippen LogP contribution in [0, 0.1) is 11.8 Å². The van der Waals surface area contributed by atoms with Crippen molar-refractivity contribution < 1.29 is 14.3 Å². The standard InChI is InChI=1S/C22H34O3/c1-5-6-7-8-18(4)21(23)22(15-24-16-22)19-9-11-20(12-10-19)25-14-13-17(2)3/h9-12,17-18H,5-8,13-16H2,1-4H3. The number of carbonyl (C=O) groups is 1. The Labute approximate surface area is 153 Å². The highest BCUT2D eigenvalue weighted by Crippen LogP contribution is 2.37. The molecule has 0 bridgehead atoms. The minimum atomic E-state index is -0.442. The summed E-state index contributed by atoms with van der Waals surface area (Å²) in [6, 6.07) is 8.07. The van der Waals surface area contributed by atoms with Gasteiger partial charge in [0.25, 0.3) is 0 Å². The maximum Gasteiger partial charge on any atom is 0.150 e. The zero-order valence-corrected chi connectivity index (χ0v) is 16.3. The summed E-state index contributed by atoms with van der Waals surface area (Å²) in [4.78, 5) is 13.1. The van der Waals surface area contributed by atoms with Gasteiger partial charge in [0.1, 0.15) is 11.2 Å². The van der Waals surface area contributed by atoms with E-state index in [1.807, 2.05) is 24.3 Å². The van der Waals surface area contributed by atoms with Crippen LogP contribution in [-0.2, 0) is 14.9 Å². The molecule has 1 aromatic carbocycles. The molecule has 3 nitrogen and oxygen atoms in total. The fourth-order valence-electron chi connectivity index (χ4n) is 3.34. The maximum atomic E-state index is 13.1. The van der Waals surface area contributed by atoms with Gasteiger partial charge >= 0.3 is 0 Å². The highest BCUT2D eigenvalue weighted by molar-refractivity contribution is 5.93. The molecule has 1 saturated heterocycles. The van der Waals surface area contributed by atoms with Gasteiger partial charge in [-0.05, 0) is 36.5 Å². The SMILES string of the molecule is CCCCCC(C)C(=O)C1(c2ccc(OCCC(C)C)cc2)COC1. The first-order valence-electron chi connectivity index (χ1n) is 9.85. The molecule has 1 aliphatic heterocycles. The lowest BCUT2D eigenvalue weighted by molar-refractivity contribution is -0.146. The molecule has 1 atom stereocenters. The van der Waals surface area contributed by atoms with Gasteiger partial charge in [-0.2, -0.15) is 0 Å². The van der Waals surface area contributed by atoms with E-state index in [-0.39, 0.29) is 5.92 Å². The number of carbonyl (C=O) groups excluding carboxylic acids is 1. The van der Waals surface area contributed by atoms with E-state index in [0.29, 0.717) is 24.9 Å². The van der Waals surface area contributed by atoms with Crippen molar-refractivity contribution in [2.24, 2.45) is 11.8 Å². The van der Waals surface area contributed by atoms with Gasteiger partial charge in [-0.1, -0.05) is 59.1 Å². The Balaban J connectivity index is 2.00. The van der Waals surface area contributed by atoms with E-state index in [4.69, 9.17) is 9.47 Å². The van der Waals surface area contributed by atoms with Crippen LogP contribution in [0.2, 0.25) is 0 Å². The fraction of sp³-hybridized carbons (Fsp3) is 0.682. The van der Waals surface area contributed by atoms with Crippen molar-refractivity contribution in [1.82, 2.24) is 0 Å². The minimum absolute atomic E-state index is 0.0948. The number of ether oxygens (including phenoxy) is 2. The minimum Gasteiger partial charge on any atom is -0.494 e. The van der Waals surface area contributed by atoms with E-state index < -0.39 is 5.41 Å². The normalized spacial score (nSPS) is 17.2. The average molecular weight is 347 g/mol. The van der Waals surface area contributed by atoms with E-state index >= 15 is 0 Å². The summed E-state index contributed by atoms with van der Waals surface area (Å²) in [5.74, 6) is 1.95. The number of rotatable bonds is 11. The number of ketones is 1. The van der Waals surface area contributed by atoms with Gasteiger partial charge in [-0.15, -0.1) is 0 Å². The van der Waals surface area contributed by atoms with Crippen LogP contribution < -0.4 is 4.74 Å². The molecule has 1 fully saturated rings. The predicted octanol–water partition coefficient (Wildman–Crippen LogP) is 5.17. The Morgan fingerprint density at radius 2 is 1.80 bits per heavy atom.